The summed E-state index contributed by atoms with van der Waals surface area (Å²) >= 11 is 0. The molecule has 0 radical (unpaired) electrons. The summed E-state index contributed by atoms with van der Waals surface area (Å²) in [5.74, 6) is -3.20. The van der Waals surface area contributed by atoms with Gasteiger partial charge in [0.1, 0.15) is 12.4 Å². The lowest BCUT2D eigenvalue weighted by atomic mass is 9.96. The zero-order chi connectivity index (χ0) is 17.7. The number of rotatable bonds is 5. The Morgan fingerprint density at radius 1 is 1.38 bits per heavy atom. The van der Waals surface area contributed by atoms with Gasteiger partial charge < -0.3 is 4.74 Å². The number of ether oxygens (including phenoxy) is 1. The number of nitro groups is 1. The molecule has 0 unspecified atom stereocenters. The standard InChI is InChI=1S/C17H13FN2O4/c1-11-7-13(16(20(22)23)8-15(11)18)14(9-19)17(21)24-10-12-5-3-2-4-6-12/h2-8,14H,10H2,1H3/t14-/m0/s1. The van der Waals surface area contributed by atoms with Crippen molar-refractivity contribution < 1.29 is 18.8 Å². The van der Waals surface area contributed by atoms with Crippen LogP contribution in [0.3, 0.4) is 0 Å². The van der Waals surface area contributed by atoms with Crippen LogP contribution in [0.15, 0.2) is 42.5 Å². The molecular weight excluding hydrogens is 315 g/mol. The highest BCUT2D eigenvalue weighted by atomic mass is 19.1. The maximum atomic E-state index is 13.6. The molecule has 24 heavy (non-hydrogen) atoms. The number of carbonyl (C=O) groups is 1. The average Bonchev–Trinajstić information content (AvgIpc) is 2.57. The number of aryl methyl sites for hydroxylation is 1. The van der Waals surface area contributed by atoms with Crippen molar-refractivity contribution in [3.8, 4) is 6.07 Å². The van der Waals surface area contributed by atoms with E-state index in [4.69, 9.17) is 4.74 Å². The average molecular weight is 328 g/mol. The smallest absolute Gasteiger partial charge is 0.328 e. The summed E-state index contributed by atoms with van der Waals surface area (Å²) in [6.07, 6.45) is 0. The van der Waals surface area contributed by atoms with Gasteiger partial charge in [0.05, 0.1) is 22.6 Å². The van der Waals surface area contributed by atoms with Crippen molar-refractivity contribution in [2.45, 2.75) is 19.4 Å². The molecule has 0 saturated carbocycles. The van der Waals surface area contributed by atoms with Crippen LogP contribution in [-0.2, 0) is 16.1 Å². The summed E-state index contributed by atoms with van der Waals surface area (Å²) in [6.45, 7) is 1.33. The minimum Gasteiger partial charge on any atom is -0.460 e. The first kappa shape index (κ1) is 17.1. The van der Waals surface area contributed by atoms with Gasteiger partial charge >= 0.3 is 5.97 Å². The SMILES string of the molecule is Cc1cc([C@H](C#N)C(=O)OCc2ccccc2)c([N+](=O)[O-])cc1F. The number of benzene rings is 2. The first-order valence-corrected chi connectivity index (χ1v) is 6.98. The third-order valence-corrected chi connectivity index (χ3v) is 3.40. The van der Waals surface area contributed by atoms with E-state index in [9.17, 15) is 24.6 Å². The monoisotopic (exact) mass is 328 g/mol. The molecule has 2 aromatic carbocycles. The van der Waals surface area contributed by atoms with E-state index < -0.39 is 28.3 Å². The quantitative estimate of drug-likeness (QED) is 0.476. The van der Waals surface area contributed by atoms with Crippen LogP contribution in [0, 0.1) is 34.2 Å². The summed E-state index contributed by atoms with van der Waals surface area (Å²) in [4.78, 5) is 22.4. The number of hydrogen-bond donors (Lipinski definition) is 0. The summed E-state index contributed by atoms with van der Waals surface area (Å²) in [7, 11) is 0. The van der Waals surface area contributed by atoms with Crippen molar-refractivity contribution in [2.75, 3.05) is 0 Å². The molecule has 0 heterocycles. The molecule has 0 N–H and O–H groups in total. The van der Waals surface area contributed by atoms with Crippen LogP contribution in [0.5, 0.6) is 0 Å². The summed E-state index contributed by atoms with van der Waals surface area (Å²) in [5, 5.41) is 20.3. The molecule has 6 nitrogen and oxygen atoms in total. The van der Waals surface area contributed by atoms with E-state index in [0.29, 0.717) is 11.6 Å². The maximum Gasteiger partial charge on any atom is 0.328 e. The van der Waals surface area contributed by atoms with Crippen LogP contribution < -0.4 is 0 Å². The van der Waals surface area contributed by atoms with E-state index in [-0.39, 0.29) is 17.7 Å². The van der Waals surface area contributed by atoms with Gasteiger partial charge in [-0.15, -0.1) is 0 Å². The number of halogens is 1. The third kappa shape index (κ3) is 3.73. The minimum atomic E-state index is -1.51. The van der Waals surface area contributed by atoms with E-state index in [1.165, 1.54) is 6.92 Å². The fraction of sp³-hybridized carbons (Fsp3) is 0.176. The first-order chi connectivity index (χ1) is 11.4. The van der Waals surface area contributed by atoms with Crippen molar-refractivity contribution in [2.24, 2.45) is 0 Å². The number of nitriles is 1. The molecule has 0 aliphatic rings. The first-order valence-electron chi connectivity index (χ1n) is 6.98. The van der Waals surface area contributed by atoms with E-state index in [2.05, 4.69) is 0 Å². The molecule has 0 aliphatic carbocycles. The lowest BCUT2D eigenvalue weighted by molar-refractivity contribution is -0.385. The number of hydrogen-bond acceptors (Lipinski definition) is 5. The van der Waals surface area contributed by atoms with Crippen molar-refractivity contribution in [3.63, 3.8) is 0 Å². The number of carbonyl (C=O) groups excluding carboxylic acids is 1. The molecule has 2 aromatic rings. The van der Waals surface area contributed by atoms with Crippen LogP contribution in [0.1, 0.15) is 22.6 Å². The highest BCUT2D eigenvalue weighted by Crippen LogP contribution is 2.30. The second-order valence-corrected chi connectivity index (χ2v) is 5.07. The van der Waals surface area contributed by atoms with Crippen LogP contribution in [0.25, 0.3) is 0 Å². The van der Waals surface area contributed by atoms with Gasteiger partial charge in [0.2, 0.25) is 0 Å². The summed E-state index contributed by atoms with van der Waals surface area (Å²) in [5.41, 5.74) is 0.0137. The Labute approximate surface area is 137 Å². The molecule has 0 spiro atoms. The summed E-state index contributed by atoms with van der Waals surface area (Å²) in [6, 6.07) is 12.3. The number of nitro benzene ring substituents is 1. The van der Waals surface area contributed by atoms with Gasteiger partial charge in [-0.2, -0.15) is 5.26 Å². The van der Waals surface area contributed by atoms with Crippen molar-refractivity contribution >= 4 is 11.7 Å². The van der Waals surface area contributed by atoms with Crippen LogP contribution in [0.4, 0.5) is 10.1 Å². The molecule has 0 aromatic heterocycles. The predicted molar refractivity (Wildman–Crippen MR) is 82.4 cm³/mol. The van der Waals surface area contributed by atoms with Gasteiger partial charge in [-0.3, -0.25) is 14.9 Å². The van der Waals surface area contributed by atoms with Crippen LogP contribution in [-0.4, -0.2) is 10.9 Å². The number of esters is 1. The van der Waals surface area contributed by atoms with E-state index >= 15 is 0 Å². The predicted octanol–water partition coefficient (Wildman–Crippen LogP) is 3.39. The lowest BCUT2D eigenvalue weighted by Gasteiger charge is -2.11. The molecule has 122 valence electrons. The molecule has 0 bridgehead atoms. The molecular formula is C17H13FN2O4. The van der Waals surface area contributed by atoms with Crippen molar-refractivity contribution in [1.29, 1.82) is 5.26 Å². The van der Waals surface area contributed by atoms with E-state index in [1.807, 2.05) is 0 Å². The zero-order valence-corrected chi connectivity index (χ0v) is 12.7. The molecule has 0 aliphatic heterocycles. The minimum absolute atomic E-state index is 0.0637. The molecule has 0 fully saturated rings. The molecule has 7 heteroatoms. The Bertz CT molecular complexity index is 815. The Balaban J connectivity index is 2.28. The third-order valence-electron chi connectivity index (χ3n) is 3.40. The Morgan fingerprint density at radius 3 is 2.62 bits per heavy atom. The molecule has 2 rings (SSSR count). The molecule has 0 saturated heterocycles. The Kier molecular flexibility index (Phi) is 5.22. The van der Waals surface area contributed by atoms with Crippen LogP contribution in [0.2, 0.25) is 0 Å². The van der Waals surface area contributed by atoms with Gasteiger partial charge in [0.15, 0.2) is 5.92 Å². The van der Waals surface area contributed by atoms with Gasteiger partial charge in [-0.25, -0.2) is 4.39 Å². The lowest BCUT2D eigenvalue weighted by Crippen LogP contribution is -2.16. The van der Waals surface area contributed by atoms with E-state index in [0.717, 1.165) is 6.07 Å². The largest absolute Gasteiger partial charge is 0.460 e. The maximum absolute atomic E-state index is 13.6. The van der Waals surface area contributed by atoms with Gasteiger partial charge in [-0.05, 0) is 24.1 Å². The highest BCUT2D eigenvalue weighted by Gasteiger charge is 2.30. The second-order valence-electron chi connectivity index (χ2n) is 5.07. The Morgan fingerprint density at radius 2 is 2.04 bits per heavy atom. The summed E-state index contributed by atoms with van der Waals surface area (Å²) < 4.78 is 18.6. The number of nitrogens with zero attached hydrogens (tertiary/aromatic N) is 2. The fourth-order valence-corrected chi connectivity index (χ4v) is 2.14. The van der Waals surface area contributed by atoms with Crippen molar-refractivity contribution in [1.82, 2.24) is 0 Å². The fourth-order valence-electron chi connectivity index (χ4n) is 2.14. The molecule has 1 atom stereocenters. The van der Waals surface area contributed by atoms with Crippen molar-refractivity contribution in [3.05, 3.63) is 75.1 Å². The highest BCUT2D eigenvalue weighted by molar-refractivity contribution is 5.83. The van der Waals surface area contributed by atoms with Gasteiger partial charge in [-0.1, -0.05) is 30.3 Å². The van der Waals surface area contributed by atoms with Gasteiger partial charge in [0.25, 0.3) is 5.69 Å². The topological polar surface area (TPSA) is 93.2 Å². The zero-order valence-electron chi connectivity index (χ0n) is 12.7. The normalized spacial score (nSPS) is 11.4. The van der Waals surface area contributed by atoms with Crippen LogP contribution >= 0.6 is 0 Å². The second kappa shape index (κ2) is 7.33. The van der Waals surface area contributed by atoms with Gasteiger partial charge in [0, 0.05) is 0 Å². The molecule has 0 amide bonds. The Hall–Kier alpha value is -3.27. The van der Waals surface area contributed by atoms with E-state index in [1.54, 1.807) is 36.4 Å².